The lowest BCUT2D eigenvalue weighted by atomic mass is 9.98. The van der Waals surface area contributed by atoms with E-state index in [9.17, 15) is 19.7 Å². The van der Waals surface area contributed by atoms with Gasteiger partial charge in [0.15, 0.2) is 5.92 Å². The predicted octanol–water partition coefficient (Wildman–Crippen LogP) is 1.59. The Morgan fingerprint density at radius 3 is 2.10 bits per heavy atom. The van der Waals surface area contributed by atoms with Crippen molar-refractivity contribution in [1.29, 1.82) is 0 Å². The summed E-state index contributed by atoms with van der Waals surface area (Å²) < 4.78 is 10.0. The molecule has 0 N–H and O–H groups in total. The Balaban J connectivity index is 2.11. The Morgan fingerprint density at radius 2 is 1.65 bits per heavy atom. The lowest BCUT2D eigenvalue weighted by Gasteiger charge is -2.32. The number of esters is 2. The van der Waals surface area contributed by atoms with Crippen LogP contribution in [-0.4, -0.2) is 22.6 Å². The normalized spacial score (nSPS) is 18.3. The molecule has 1 heterocycles. The molecule has 0 atom stereocenters. The highest BCUT2D eigenvalue weighted by molar-refractivity contribution is 5.96. The van der Waals surface area contributed by atoms with Crippen molar-refractivity contribution in [3.05, 3.63) is 39.9 Å². The fourth-order valence-corrected chi connectivity index (χ4v) is 1.90. The zero-order valence-electron chi connectivity index (χ0n) is 11.0. The number of non-ortho nitro benzene ring substituents is 1. The van der Waals surface area contributed by atoms with Crippen LogP contribution in [0.1, 0.15) is 19.4 Å². The number of nitrogens with zero attached hydrogens (tertiary/aromatic N) is 1. The molecule has 7 nitrogen and oxygen atoms in total. The van der Waals surface area contributed by atoms with E-state index in [4.69, 9.17) is 9.47 Å². The summed E-state index contributed by atoms with van der Waals surface area (Å²) in [6, 6.07) is 5.63. The number of carbonyl (C=O) groups is 2. The molecule has 2 rings (SSSR count). The first kappa shape index (κ1) is 14.0. The number of nitro groups is 1. The molecule has 1 aliphatic heterocycles. The molecule has 0 aromatic heterocycles. The van der Waals surface area contributed by atoms with Crippen LogP contribution in [0.2, 0.25) is 0 Å². The van der Waals surface area contributed by atoms with Crippen molar-refractivity contribution in [2.75, 3.05) is 0 Å². The molecular formula is C13H13NO6. The third-order valence-corrected chi connectivity index (χ3v) is 2.85. The minimum absolute atomic E-state index is 0.0521. The minimum Gasteiger partial charge on any atom is -0.422 e. The van der Waals surface area contributed by atoms with Crippen molar-refractivity contribution in [3.8, 4) is 0 Å². The van der Waals surface area contributed by atoms with E-state index in [0.717, 1.165) is 0 Å². The van der Waals surface area contributed by atoms with Gasteiger partial charge in [0.1, 0.15) is 0 Å². The average Bonchev–Trinajstić information content (AvgIpc) is 2.33. The van der Waals surface area contributed by atoms with E-state index in [2.05, 4.69) is 0 Å². The van der Waals surface area contributed by atoms with Gasteiger partial charge in [-0.25, -0.2) is 0 Å². The number of cyclic esters (lactones) is 2. The smallest absolute Gasteiger partial charge is 0.323 e. The highest BCUT2D eigenvalue weighted by atomic mass is 16.7. The van der Waals surface area contributed by atoms with Gasteiger partial charge >= 0.3 is 11.9 Å². The van der Waals surface area contributed by atoms with Gasteiger partial charge < -0.3 is 9.47 Å². The summed E-state index contributed by atoms with van der Waals surface area (Å²) >= 11 is 0. The molecule has 1 aliphatic rings. The summed E-state index contributed by atoms with van der Waals surface area (Å²) in [5.74, 6) is -3.58. The number of rotatable bonds is 3. The molecular weight excluding hydrogens is 266 g/mol. The monoisotopic (exact) mass is 279 g/mol. The SMILES string of the molecule is CC1(C)OC(=O)C(Cc2ccc([N+](=O)[O-])cc2)C(=O)O1. The highest BCUT2D eigenvalue weighted by Gasteiger charge is 2.43. The van der Waals surface area contributed by atoms with E-state index in [1.165, 1.54) is 38.1 Å². The quantitative estimate of drug-likeness (QED) is 0.361. The van der Waals surface area contributed by atoms with Crippen LogP contribution in [0.4, 0.5) is 5.69 Å². The van der Waals surface area contributed by atoms with Gasteiger partial charge in [0, 0.05) is 26.0 Å². The maximum absolute atomic E-state index is 11.8. The Hall–Kier alpha value is -2.44. The molecule has 0 saturated carbocycles. The molecule has 0 amide bonds. The molecule has 1 aromatic carbocycles. The second-order valence-corrected chi connectivity index (χ2v) is 4.92. The van der Waals surface area contributed by atoms with Crippen molar-refractivity contribution < 1.29 is 24.0 Å². The van der Waals surface area contributed by atoms with Crippen molar-refractivity contribution in [3.63, 3.8) is 0 Å². The summed E-state index contributed by atoms with van der Waals surface area (Å²) in [6.45, 7) is 2.95. The average molecular weight is 279 g/mol. The number of carbonyl (C=O) groups excluding carboxylic acids is 2. The van der Waals surface area contributed by atoms with E-state index >= 15 is 0 Å². The molecule has 0 spiro atoms. The van der Waals surface area contributed by atoms with Gasteiger partial charge in [-0.2, -0.15) is 0 Å². The molecule has 1 saturated heterocycles. The molecule has 106 valence electrons. The topological polar surface area (TPSA) is 95.7 Å². The Bertz CT molecular complexity index is 543. The van der Waals surface area contributed by atoms with Crippen LogP contribution in [0.5, 0.6) is 0 Å². The second kappa shape index (κ2) is 4.92. The van der Waals surface area contributed by atoms with Gasteiger partial charge in [-0.3, -0.25) is 19.7 Å². The lowest BCUT2D eigenvalue weighted by molar-refractivity contribution is -0.384. The van der Waals surface area contributed by atoms with Crippen LogP contribution in [0.15, 0.2) is 24.3 Å². The molecule has 0 radical (unpaired) electrons. The molecule has 0 aliphatic carbocycles. The van der Waals surface area contributed by atoms with Gasteiger partial charge in [0.25, 0.3) is 11.5 Å². The first-order chi connectivity index (χ1) is 9.28. The number of ether oxygens (including phenoxy) is 2. The second-order valence-electron chi connectivity index (χ2n) is 4.92. The van der Waals surface area contributed by atoms with Gasteiger partial charge in [-0.05, 0) is 12.0 Å². The van der Waals surface area contributed by atoms with Gasteiger partial charge in [-0.15, -0.1) is 0 Å². The van der Waals surface area contributed by atoms with E-state index in [-0.39, 0.29) is 12.1 Å². The van der Waals surface area contributed by atoms with E-state index in [0.29, 0.717) is 5.56 Å². The lowest BCUT2D eigenvalue weighted by Crippen LogP contribution is -2.46. The fraction of sp³-hybridized carbons (Fsp3) is 0.385. The molecule has 0 bridgehead atoms. The minimum atomic E-state index is -1.25. The number of benzene rings is 1. The van der Waals surface area contributed by atoms with Crippen LogP contribution in [0, 0.1) is 16.0 Å². The van der Waals surface area contributed by atoms with E-state index in [1.54, 1.807) is 0 Å². The molecule has 7 heteroatoms. The number of hydrogen-bond donors (Lipinski definition) is 0. The first-order valence-corrected chi connectivity index (χ1v) is 5.97. The van der Waals surface area contributed by atoms with Crippen LogP contribution in [0.25, 0.3) is 0 Å². The van der Waals surface area contributed by atoms with Crippen molar-refractivity contribution in [2.24, 2.45) is 5.92 Å². The van der Waals surface area contributed by atoms with Crippen LogP contribution in [-0.2, 0) is 25.5 Å². The van der Waals surface area contributed by atoms with E-state index < -0.39 is 28.6 Å². The van der Waals surface area contributed by atoms with Gasteiger partial charge in [0.05, 0.1) is 4.92 Å². The van der Waals surface area contributed by atoms with Crippen molar-refractivity contribution >= 4 is 17.6 Å². The standard InChI is InChI=1S/C13H13NO6/c1-13(2)19-11(15)10(12(16)20-13)7-8-3-5-9(6-4-8)14(17)18/h3-6,10H,7H2,1-2H3. The van der Waals surface area contributed by atoms with Crippen molar-refractivity contribution in [1.82, 2.24) is 0 Å². The third kappa shape index (κ3) is 2.93. The van der Waals surface area contributed by atoms with Crippen LogP contribution >= 0.6 is 0 Å². The zero-order chi connectivity index (χ0) is 14.9. The molecule has 0 unspecified atom stereocenters. The number of hydrogen-bond acceptors (Lipinski definition) is 6. The fourth-order valence-electron chi connectivity index (χ4n) is 1.90. The third-order valence-electron chi connectivity index (χ3n) is 2.85. The summed E-state index contributed by atoms with van der Waals surface area (Å²) in [4.78, 5) is 33.6. The molecule has 1 aromatic rings. The Labute approximate surface area is 114 Å². The summed E-state index contributed by atoms with van der Waals surface area (Å²) in [5, 5.41) is 10.5. The summed E-state index contributed by atoms with van der Waals surface area (Å²) in [7, 11) is 0. The van der Waals surface area contributed by atoms with Gasteiger partial charge in [-0.1, -0.05) is 12.1 Å². The summed E-state index contributed by atoms with van der Waals surface area (Å²) in [5.41, 5.74) is 0.567. The van der Waals surface area contributed by atoms with E-state index in [1.807, 2.05) is 0 Å². The maximum atomic E-state index is 11.8. The Kier molecular flexibility index (Phi) is 3.44. The van der Waals surface area contributed by atoms with Crippen LogP contribution in [0.3, 0.4) is 0 Å². The summed E-state index contributed by atoms with van der Waals surface area (Å²) in [6.07, 6.45) is 0.0890. The predicted molar refractivity (Wildman–Crippen MR) is 66.6 cm³/mol. The molecule has 20 heavy (non-hydrogen) atoms. The van der Waals surface area contributed by atoms with Crippen LogP contribution < -0.4 is 0 Å². The molecule has 1 fully saturated rings. The Morgan fingerprint density at radius 1 is 1.15 bits per heavy atom. The van der Waals surface area contributed by atoms with Crippen molar-refractivity contribution in [2.45, 2.75) is 26.1 Å². The maximum Gasteiger partial charge on any atom is 0.323 e. The largest absolute Gasteiger partial charge is 0.422 e. The van der Waals surface area contributed by atoms with Gasteiger partial charge in [0.2, 0.25) is 0 Å². The highest BCUT2D eigenvalue weighted by Crippen LogP contribution is 2.26. The zero-order valence-corrected chi connectivity index (χ0v) is 11.0. The number of nitro benzene ring substituents is 1. The first-order valence-electron chi connectivity index (χ1n) is 5.97.